The third-order valence-electron chi connectivity index (χ3n) is 5.36. The number of anilines is 1. The van der Waals surface area contributed by atoms with Gasteiger partial charge in [0.25, 0.3) is 0 Å². The summed E-state index contributed by atoms with van der Waals surface area (Å²) in [5.41, 5.74) is 0.871. The van der Waals surface area contributed by atoms with E-state index in [4.69, 9.17) is 14.2 Å². The molecule has 8 heteroatoms. The van der Waals surface area contributed by atoms with Crippen molar-refractivity contribution in [2.45, 2.75) is 19.1 Å². The van der Waals surface area contributed by atoms with Crippen LogP contribution in [0, 0.1) is 17.8 Å². The molecule has 0 unspecified atom stereocenters. The number of rotatable bonds is 6. The first-order chi connectivity index (χ1) is 13.4. The number of hydrogen-bond acceptors (Lipinski definition) is 6. The first-order valence-electron chi connectivity index (χ1n) is 8.96. The van der Waals surface area contributed by atoms with Gasteiger partial charge in [0, 0.05) is 30.7 Å². The molecule has 3 atom stereocenters. The molecule has 1 aromatic rings. The van der Waals surface area contributed by atoms with Crippen LogP contribution >= 0.6 is 15.9 Å². The molecule has 0 saturated heterocycles. The second-order valence-corrected chi connectivity index (χ2v) is 7.52. The van der Waals surface area contributed by atoms with E-state index < -0.39 is 35.4 Å². The molecule has 0 radical (unpaired) electrons. The van der Waals surface area contributed by atoms with E-state index in [2.05, 4.69) is 21.2 Å². The van der Waals surface area contributed by atoms with Gasteiger partial charge in [-0.1, -0.05) is 18.2 Å². The lowest BCUT2D eigenvalue weighted by molar-refractivity contribution is -0.262. The Morgan fingerprint density at radius 1 is 1.25 bits per heavy atom. The Labute approximate surface area is 171 Å². The van der Waals surface area contributed by atoms with E-state index in [0.717, 1.165) is 0 Å². The Kier molecular flexibility index (Phi) is 6.02. The Morgan fingerprint density at radius 3 is 2.54 bits per heavy atom. The maximum atomic E-state index is 13.0. The van der Waals surface area contributed by atoms with Gasteiger partial charge in [-0.2, -0.15) is 0 Å². The molecule has 7 nitrogen and oxygen atoms in total. The molecule has 1 N–H and O–H groups in total. The van der Waals surface area contributed by atoms with Crippen molar-refractivity contribution in [2.24, 2.45) is 17.8 Å². The van der Waals surface area contributed by atoms with E-state index in [1.165, 1.54) is 14.2 Å². The molecule has 1 saturated carbocycles. The monoisotopic (exact) mass is 451 g/mol. The summed E-state index contributed by atoms with van der Waals surface area (Å²) >= 11 is 3.38. The van der Waals surface area contributed by atoms with Crippen molar-refractivity contribution in [3.63, 3.8) is 0 Å². The molecule has 28 heavy (non-hydrogen) atoms. The molecule has 0 heterocycles. The van der Waals surface area contributed by atoms with Crippen LogP contribution < -0.4 is 5.32 Å². The number of methoxy groups -OCH3 is 2. The number of Topliss-reactive ketones (excluding diaryl/α,β-unsaturated/α-hetero) is 1. The van der Waals surface area contributed by atoms with Crippen molar-refractivity contribution in [1.82, 2.24) is 0 Å². The number of esters is 1. The summed E-state index contributed by atoms with van der Waals surface area (Å²) in [7, 11) is 2.90. The van der Waals surface area contributed by atoms with E-state index in [0.29, 0.717) is 15.7 Å². The first kappa shape index (κ1) is 20.7. The number of fused-ring (bicyclic) bond motifs is 2. The second kappa shape index (κ2) is 8.14. The van der Waals surface area contributed by atoms with E-state index in [9.17, 15) is 14.4 Å². The van der Waals surface area contributed by atoms with Gasteiger partial charge in [-0.05, 0) is 35.0 Å². The minimum atomic E-state index is -1.27. The Hall–Kier alpha value is -2.03. The van der Waals surface area contributed by atoms with Gasteiger partial charge in [-0.25, -0.2) is 4.79 Å². The molecule has 150 valence electrons. The summed E-state index contributed by atoms with van der Waals surface area (Å²) < 4.78 is 17.1. The zero-order valence-corrected chi connectivity index (χ0v) is 17.4. The zero-order valence-electron chi connectivity index (χ0n) is 15.9. The van der Waals surface area contributed by atoms with Crippen molar-refractivity contribution in [3.05, 3.63) is 40.4 Å². The van der Waals surface area contributed by atoms with Gasteiger partial charge < -0.3 is 19.5 Å². The topological polar surface area (TPSA) is 90.9 Å². The van der Waals surface area contributed by atoms with Crippen LogP contribution in [0.1, 0.15) is 13.3 Å². The number of halogens is 1. The molecule has 1 aromatic carbocycles. The first-order valence-corrected chi connectivity index (χ1v) is 9.76. The summed E-state index contributed by atoms with van der Waals surface area (Å²) in [5.74, 6) is -4.93. The fourth-order valence-electron chi connectivity index (χ4n) is 4.13. The van der Waals surface area contributed by atoms with Crippen molar-refractivity contribution in [3.8, 4) is 0 Å². The van der Waals surface area contributed by atoms with Crippen LogP contribution in [-0.2, 0) is 28.6 Å². The fourth-order valence-corrected chi connectivity index (χ4v) is 4.51. The van der Waals surface area contributed by atoms with Crippen LogP contribution in [0.4, 0.5) is 5.69 Å². The Bertz CT molecular complexity index is 832. The lowest BCUT2D eigenvalue weighted by Crippen LogP contribution is -2.56. The number of nitrogens with one attached hydrogen (secondary N) is 1. The minimum Gasteiger partial charge on any atom is -0.463 e. The number of para-hydroxylation sites is 1. The SMILES string of the molecule is CCOC(=O)C1=C[C@@H]2[C@H](C(=O)Nc3ccccc3Br)C(=O)C[C@H]1C2(OC)OC. The molecule has 0 aliphatic heterocycles. The van der Waals surface area contributed by atoms with Crippen LogP contribution in [0.5, 0.6) is 0 Å². The zero-order chi connectivity index (χ0) is 20.5. The molecule has 2 bridgehead atoms. The molecule has 0 spiro atoms. The van der Waals surface area contributed by atoms with Gasteiger partial charge in [0.05, 0.1) is 24.1 Å². The number of hydrogen-bond donors (Lipinski definition) is 1. The van der Waals surface area contributed by atoms with Crippen molar-refractivity contribution in [2.75, 3.05) is 26.1 Å². The molecule has 1 amide bonds. The van der Waals surface area contributed by atoms with Crippen LogP contribution in [0.3, 0.4) is 0 Å². The molecule has 2 aliphatic carbocycles. The van der Waals surface area contributed by atoms with Gasteiger partial charge in [0.15, 0.2) is 5.79 Å². The van der Waals surface area contributed by atoms with Gasteiger partial charge in [0.2, 0.25) is 5.91 Å². The fraction of sp³-hybridized carbons (Fsp3) is 0.450. The van der Waals surface area contributed by atoms with Crippen LogP contribution in [0.2, 0.25) is 0 Å². The maximum absolute atomic E-state index is 13.0. The molecule has 2 aliphatic rings. The molecule has 0 aromatic heterocycles. The van der Waals surface area contributed by atoms with Gasteiger partial charge in [0.1, 0.15) is 11.7 Å². The molecular formula is C20H22BrNO6. The number of carbonyl (C=O) groups is 3. The Balaban J connectivity index is 1.97. The lowest BCUT2D eigenvalue weighted by Gasteiger charge is -2.44. The van der Waals surface area contributed by atoms with Crippen molar-refractivity contribution >= 4 is 39.3 Å². The number of carbonyl (C=O) groups excluding carboxylic acids is 3. The number of benzene rings is 1. The average Bonchev–Trinajstić information content (AvgIpc) is 2.88. The summed E-state index contributed by atoms with van der Waals surface area (Å²) in [6.45, 7) is 1.92. The summed E-state index contributed by atoms with van der Waals surface area (Å²) in [6, 6.07) is 7.12. The molecule has 1 fully saturated rings. The maximum Gasteiger partial charge on any atom is 0.334 e. The van der Waals surface area contributed by atoms with Gasteiger partial charge in [-0.3, -0.25) is 9.59 Å². The predicted molar refractivity (Wildman–Crippen MR) is 104 cm³/mol. The largest absolute Gasteiger partial charge is 0.463 e. The second-order valence-electron chi connectivity index (χ2n) is 6.67. The quantitative estimate of drug-likeness (QED) is 0.406. The summed E-state index contributed by atoms with van der Waals surface area (Å²) in [5, 5.41) is 2.79. The molecule has 3 rings (SSSR count). The van der Waals surface area contributed by atoms with E-state index in [1.54, 1.807) is 31.2 Å². The highest BCUT2D eigenvalue weighted by Crippen LogP contribution is 2.53. The average molecular weight is 452 g/mol. The minimum absolute atomic E-state index is 0.0448. The predicted octanol–water partition coefficient (Wildman–Crippen LogP) is 2.70. The standard InChI is InChI=1S/C20H22BrNO6/c1-4-28-19(25)11-9-13-17(16(23)10-12(11)20(13,26-2)27-3)18(24)22-15-8-6-5-7-14(15)21/h5-9,12-13,17H,4,10H2,1-3H3,(H,22,24)/t12-,13-,17+/m1/s1. The molecular weight excluding hydrogens is 430 g/mol. The summed E-state index contributed by atoms with van der Waals surface area (Å²) in [4.78, 5) is 38.3. The summed E-state index contributed by atoms with van der Waals surface area (Å²) in [6.07, 6.45) is 1.56. The smallest absolute Gasteiger partial charge is 0.334 e. The van der Waals surface area contributed by atoms with Crippen molar-refractivity contribution in [1.29, 1.82) is 0 Å². The van der Waals surface area contributed by atoms with Gasteiger partial charge in [-0.15, -0.1) is 0 Å². The van der Waals surface area contributed by atoms with Gasteiger partial charge >= 0.3 is 5.97 Å². The van der Waals surface area contributed by atoms with E-state index in [-0.39, 0.29) is 18.8 Å². The highest BCUT2D eigenvalue weighted by atomic mass is 79.9. The lowest BCUT2D eigenvalue weighted by atomic mass is 9.72. The van der Waals surface area contributed by atoms with E-state index >= 15 is 0 Å². The third-order valence-corrected chi connectivity index (χ3v) is 6.05. The number of ketones is 1. The van der Waals surface area contributed by atoms with Crippen LogP contribution in [0.15, 0.2) is 40.4 Å². The van der Waals surface area contributed by atoms with Crippen LogP contribution in [0.25, 0.3) is 0 Å². The van der Waals surface area contributed by atoms with Crippen LogP contribution in [-0.4, -0.2) is 44.3 Å². The number of amides is 1. The Morgan fingerprint density at radius 2 is 1.93 bits per heavy atom. The number of ether oxygens (including phenoxy) is 3. The normalized spacial score (nSPS) is 25.2. The highest BCUT2D eigenvalue weighted by molar-refractivity contribution is 9.10. The van der Waals surface area contributed by atoms with Crippen molar-refractivity contribution < 1.29 is 28.6 Å². The highest BCUT2D eigenvalue weighted by Gasteiger charge is 2.63. The van der Waals surface area contributed by atoms with E-state index in [1.807, 2.05) is 6.07 Å². The third kappa shape index (κ3) is 3.29.